The topological polar surface area (TPSA) is 86.7 Å². The van der Waals surface area contributed by atoms with E-state index in [1.54, 1.807) is 18.2 Å². The quantitative estimate of drug-likeness (QED) is 0.388. The van der Waals surface area contributed by atoms with E-state index < -0.39 is 10.1 Å². The van der Waals surface area contributed by atoms with Crippen LogP contribution in [0, 0.1) is 0 Å². The molecule has 0 aliphatic heterocycles. The molecule has 7 heteroatoms. The maximum atomic E-state index is 11.7. The molecule has 0 heterocycles. The monoisotopic (exact) mass is 402 g/mol. The zero-order valence-electron chi connectivity index (χ0n) is 15.3. The van der Waals surface area contributed by atoms with Gasteiger partial charge in [0.15, 0.2) is 0 Å². The molecule has 0 atom stereocenters. The molecule has 2 aromatic carbocycles. The summed E-state index contributed by atoms with van der Waals surface area (Å²) in [5, 5.41) is 11.7. The molecule has 26 heavy (non-hydrogen) atoms. The van der Waals surface area contributed by atoms with Crippen LogP contribution in [0.25, 0.3) is 0 Å². The fourth-order valence-electron chi connectivity index (χ4n) is 2.58. The molecule has 0 saturated heterocycles. The van der Waals surface area contributed by atoms with E-state index in [1.165, 1.54) is 37.1 Å². The van der Waals surface area contributed by atoms with Gasteiger partial charge < -0.3 is 9.84 Å². The van der Waals surface area contributed by atoms with Gasteiger partial charge in [0.05, 0.1) is 0 Å². The molecule has 0 amide bonds. The van der Waals surface area contributed by atoms with E-state index in [9.17, 15) is 18.1 Å². The van der Waals surface area contributed by atoms with E-state index in [1.807, 2.05) is 0 Å². The van der Waals surface area contributed by atoms with Crippen LogP contribution in [0.5, 0.6) is 17.2 Å². The second-order valence-electron chi connectivity index (χ2n) is 5.97. The fraction of sp³-hybridized carbons (Fsp3) is 0.368. The number of unbranched alkanes of at least 4 members (excludes halogenated alkanes) is 4. The van der Waals surface area contributed by atoms with Gasteiger partial charge in [-0.2, -0.15) is 8.42 Å². The molecule has 2 rings (SSSR count). The van der Waals surface area contributed by atoms with Crippen molar-refractivity contribution in [3.63, 3.8) is 0 Å². The first-order valence-corrected chi connectivity index (χ1v) is 9.90. The third kappa shape index (κ3) is 7.30. The molecular weight excluding hydrogens is 379 g/mol. The van der Waals surface area contributed by atoms with Crippen LogP contribution in [-0.4, -0.2) is 13.0 Å². The molecule has 5 nitrogen and oxygen atoms in total. The van der Waals surface area contributed by atoms with Gasteiger partial charge in [0.1, 0.15) is 16.4 Å². The minimum atomic E-state index is -4.46. The van der Waals surface area contributed by atoms with Crippen LogP contribution >= 0.6 is 0 Å². The van der Waals surface area contributed by atoms with Gasteiger partial charge in [-0.15, -0.1) is 0 Å². The average Bonchev–Trinajstić information content (AvgIpc) is 2.57. The van der Waals surface area contributed by atoms with Gasteiger partial charge in [-0.25, -0.2) is 0 Å². The van der Waals surface area contributed by atoms with Crippen LogP contribution in [0.4, 0.5) is 0 Å². The summed E-state index contributed by atoms with van der Waals surface area (Å²) in [7, 11) is -4.46. The first kappa shape index (κ1) is 23.6. The summed E-state index contributed by atoms with van der Waals surface area (Å²) >= 11 is 0. The zero-order valence-corrected chi connectivity index (χ0v) is 19.2. The molecule has 0 spiro atoms. The molecule has 1 N–H and O–H groups in total. The molecule has 0 aromatic heterocycles. The summed E-state index contributed by atoms with van der Waals surface area (Å²) in [4.78, 5) is -0.318. The van der Waals surface area contributed by atoms with Crippen molar-refractivity contribution in [1.82, 2.24) is 0 Å². The maximum absolute atomic E-state index is 11.7. The van der Waals surface area contributed by atoms with Gasteiger partial charge in [-0.1, -0.05) is 62.6 Å². The Labute approximate surface area is 198 Å². The summed E-state index contributed by atoms with van der Waals surface area (Å²) in [5.41, 5.74) is 0.812. The number of hydrogen-bond acceptors (Lipinski definition) is 4. The number of ether oxygens (including phenoxy) is 1. The summed E-state index contributed by atoms with van der Waals surface area (Å²) in [6.45, 7) is 2.15. The largest absolute Gasteiger partial charge is 1.00 e. The first-order valence-electron chi connectivity index (χ1n) is 8.46. The normalized spacial score (nSPS) is 11.0. The molecule has 136 valence electrons. The van der Waals surface area contributed by atoms with E-state index in [-0.39, 0.29) is 73.5 Å². The molecule has 0 unspecified atom stereocenters. The minimum Gasteiger partial charge on any atom is -0.870 e. The fourth-order valence-corrected chi connectivity index (χ4v) is 3.24. The van der Waals surface area contributed by atoms with Crippen LogP contribution in [0.1, 0.15) is 44.6 Å². The Hall–Kier alpha value is -0.414. The molecule has 0 bridgehead atoms. The van der Waals surface area contributed by atoms with Crippen LogP contribution in [0.2, 0.25) is 0 Å². The van der Waals surface area contributed by atoms with Crippen molar-refractivity contribution in [2.24, 2.45) is 0 Å². The van der Waals surface area contributed by atoms with Gasteiger partial charge in [-0.05, 0) is 36.6 Å². The van der Waals surface area contributed by atoms with Crippen molar-refractivity contribution in [2.75, 3.05) is 0 Å². The molecule has 0 saturated carbocycles. The predicted octanol–water partition coefficient (Wildman–Crippen LogP) is 1.32. The zero-order chi connectivity index (χ0) is 18.3. The summed E-state index contributed by atoms with van der Waals surface area (Å²) < 4.78 is 38.3. The van der Waals surface area contributed by atoms with E-state index >= 15 is 0 Å². The molecule has 0 fully saturated rings. The Morgan fingerprint density at radius 1 is 1.00 bits per heavy atom. The van der Waals surface area contributed by atoms with Gasteiger partial charge in [0, 0.05) is 0 Å². The van der Waals surface area contributed by atoms with E-state index in [0.717, 1.165) is 31.2 Å². The molecule has 0 aliphatic carbocycles. The van der Waals surface area contributed by atoms with E-state index in [0.29, 0.717) is 0 Å². The Morgan fingerprint density at radius 3 is 2.35 bits per heavy atom. The average molecular weight is 403 g/mol. The van der Waals surface area contributed by atoms with Crippen molar-refractivity contribution in [3.05, 3.63) is 48.0 Å². The summed E-state index contributed by atoms with van der Waals surface area (Å²) in [5.74, 6) is -0.399. The van der Waals surface area contributed by atoms with Gasteiger partial charge in [-0.3, -0.25) is 4.55 Å². The van der Waals surface area contributed by atoms with Crippen molar-refractivity contribution >= 4 is 10.1 Å². The van der Waals surface area contributed by atoms with Crippen molar-refractivity contribution < 1.29 is 74.2 Å². The Morgan fingerprint density at radius 2 is 1.69 bits per heavy atom. The maximum Gasteiger partial charge on any atom is 1.00 e. The number of benzene rings is 2. The second-order valence-corrected chi connectivity index (χ2v) is 7.36. The Bertz CT molecular complexity index is 805. The Balaban J connectivity index is 0.00000338. The second kappa shape index (κ2) is 11.4. The number of hydrogen-bond donors (Lipinski definition) is 1. The van der Waals surface area contributed by atoms with Gasteiger partial charge in [0.2, 0.25) is 0 Å². The van der Waals surface area contributed by atoms with Crippen molar-refractivity contribution in [3.8, 4) is 17.2 Å². The molecule has 2 aromatic rings. The van der Waals surface area contributed by atoms with Crippen LogP contribution < -0.4 is 61.2 Å². The standard InChI is InChI=1S/C19H24O5S.K/c1-2-3-4-5-6-9-15-12-13-18(19(14-15)25(21,22)23)24-17-11-8-7-10-16(17)20;/h7-8,10-14,20H,2-6,9H2,1H3,(H,21,22,23);/q;+1/p-1. The van der Waals surface area contributed by atoms with Crippen LogP contribution in [-0.2, 0) is 16.5 Å². The van der Waals surface area contributed by atoms with E-state index in [4.69, 9.17) is 4.74 Å². The van der Waals surface area contributed by atoms with Gasteiger partial charge >= 0.3 is 51.4 Å². The van der Waals surface area contributed by atoms with Crippen molar-refractivity contribution in [1.29, 1.82) is 0 Å². The summed E-state index contributed by atoms with van der Waals surface area (Å²) in [6, 6.07) is 10.6. The molecule has 0 aliphatic rings. The van der Waals surface area contributed by atoms with Crippen LogP contribution in [0.3, 0.4) is 0 Å². The van der Waals surface area contributed by atoms with E-state index in [2.05, 4.69) is 6.92 Å². The van der Waals surface area contributed by atoms with Crippen LogP contribution in [0.15, 0.2) is 47.4 Å². The molecular formula is C19H23KO5S. The summed E-state index contributed by atoms with van der Waals surface area (Å²) in [6.07, 6.45) is 6.27. The van der Waals surface area contributed by atoms with Gasteiger partial charge in [0.25, 0.3) is 10.1 Å². The number of aryl methyl sites for hydroxylation is 1. The smallest absolute Gasteiger partial charge is 0.870 e. The number of para-hydroxylation sites is 2. The van der Waals surface area contributed by atoms with Crippen molar-refractivity contribution in [2.45, 2.75) is 50.3 Å². The third-order valence-corrected chi connectivity index (χ3v) is 4.80. The Kier molecular flexibility index (Phi) is 10.4. The molecule has 0 radical (unpaired) electrons. The third-order valence-electron chi connectivity index (χ3n) is 3.92. The predicted molar refractivity (Wildman–Crippen MR) is 94.7 cm³/mol. The minimum absolute atomic E-state index is 0. The first-order chi connectivity index (χ1) is 11.9. The SMILES string of the molecule is CCCCCCCc1ccc(Oc2ccccc2[O-])c(S(=O)(=O)O)c1.[K+]. The number of rotatable bonds is 9.